The highest BCUT2D eigenvalue weighted by Crippen LogP contribution is 2.32. The Morgan fingerprint density at radius 3 is 2.84 bits per heavy atom. The molecule has 2 atom stereocenters. The molecule has 0 bridgehead atoms. The van der Waals surface area contributed by atoms with Gasteiger partial charge in [-0.1, -0.05) is 20.8 Å². The third kappa shape index (κ3) is 3.79. The Morgan fingerprint density at radius 1 is 1.53 bits per heavy atom. The summed E-state index contributed by atoms with van der Waals surface area (Å²) in [5.41, 5.74) is 0.150. The first-order chi connectivity index (χ1) is 9.00. The average molecular weight is 278 g/mol. The quantitative estimate of drug-likeness (QED) is 0.918. The van der Waals surface area contributed by atoms with Gasteiger partial charge in [0.2, 0.25) is 0 Å². The number of nitrogens with one attached hydrogen (secondary N) is 1. The van der Waals surface area contributed by atoms with Gasteiger partial charge in [0.1, 0.15) is 6.04 Å². The molecule has 1 aromatic rings. The number of hydrogen-bond donors (Lipinski definition) is 1. The van der Waals surface area contributed by atoms with Crippen molar-refractivity contribution >= 4 is 11.3 Å². The normalized spacial score (nSPS) is 21.3. The number of nitrogens with zero attached hydrogens (tertiary/aromatic N) is 1. The molecular formula is C15H22N2OS. The van der Waals surface area contributed by atoms with Gasteiger partial charge in [-0.3, -0.25) is 5.32 Å². The summed E-state index contributed by atoms with van der Waals surface area (Å²) < 4.78 is 5.57. The monoisotopic (exact) mass is 278 g/mol. The fraction of sp³-hybridized carbons (Fsp3) is 0.667. The minimum absolute atomic E-state index is 0.150. The molecule has 0 saturated carbocycles. The standard InChI is InChI=1S/C15H22N2OS/c1-15(2,3)14-7-6-13(19-14)12(9-16)17-10-11-5-4-8-18-11/h6-7,11-12,17H,4-5,8,10H2,1-3H3. The van der Waals surface area contributed by atoms with Gasteiger partial charge in [0, 0.05) is 22.9 Å². The predicted molar refractivity (Wildman–Crippen MR) is 78.3 cm³/mol. The second-order valence-electron chi connectivity index (χ2n) is 6.06. The van der Waals surface area contributed by atoms with Gasteiger partial charge in [0.15, 0.2) is 0 Å². The zero-order valence-corrected chi connectivity index (χ0v) is 12.7. The number of nitriles is 1. The average Bonchev–Trinajstić information content (AvgIpc) is 2.98. The van der Waals surface area contributed by atoms with Crippen molar-refractivity contribution in [3.8, 4) is 6.07 Å². The number of hydrogen-bond acceptors (Lipinski definition) is 4. The van der Waals surface area contributed by atoms with E-state index in [1.807, 2.05) is 0 Å². The lowest BCUT2D eigenvalue weighted by atomic mass is 9.95. The molecule has 1 N–H and O–H groups in total. The van der Waals surface area contributed by atoms with Gasteiger partial charge in [-0.05, 0) is 30.4 Å². The molecule has 4 heteroatoms. The van der Waals surface area contributed by atoms with Crippen molar-refractivity contribution in [2.24, 2.45) is 0 Å². The van der Waals surface area contributed by atoms with E-state index in [4.69, 9.17) is 4.74 Å². The fourth-order valence-corrected chi connectivity index (χ4v) is 3.26. The van der Waals surface area contributed by atoms with Crippen LogP contribution < -0.4 is 5.32 Å². The highest BCUT2D eigenvalue weighted by molar-refractivity contribution is 7.12. The molecule has 0 spiro atoms. The van der Waals surface area contributed by atoms with E-state index in [9.17, 15) is 5.26 Å². The van der Waals surface area contributed by atoms with E-state index in [0.29, 0.717) is 0 Å². The van der Waals surface area contributed by atoms with Crippen LogP contribution in [0, 0.1) is 11.3 Å². The second-order valence-corrected chi connectivity index (χ2v) is 7.17. The Hall–Kier alpha value is -0.890. The Balaban J connectivity index is 1.97. The Labute approximate surface area is 119 Å². The van der Waals surface area contributed by atoms with E-state index >= 15 is 0 Å². The maximum Gasteiger partial charge on any atom is 0.130 e. The van der Waals surface area contributed by atoms with Crippen molar-refractivity contribution in [3.05, 3.63) is 21.9 Å². The first-order valence-corrected chi connectivity index (χ1v) is 7.67. The first kappa shape index (κ1) is 14.5. The lowest BCUT2D eigenvalue weighted by Crippen LogP contribution is -2.29. The van der Waals surface area contributed by atoms with Gasteiger partial charge in [-0.25, -0.2) is 0 Å². The maximum atomic E-state index is 9.32. The van der Waals surface area contributed by atoms with Gasteiger partial charge in [0.05, 0.1) is 12.2 Å². The highest BCUT2D eigenvalue weighted by Gasteiger charge is 2.21. The summed E-state index contributed by atoms with van der Waals surface area (Å²) in [5, 5.41) is 12.6. The van der Waals surface area contributed by atoms with Crippen molar-refractivity contribution in [1.29, 1.82) is 5.26 Å². The Kier molecular flexibility index (Phi) is 4.62. The lowest BCUT2D eigenvalue weighted by Gasteiger charge is -2.16. The van der Waals surface area contributed by atoms with Crippen LogP contribution in [0.25, 0.3) is 0 Å². The van der Waals surface area contributed by atoms with Crippen LogP contribution in [0.5, 0.6) is 0 Å². The summed E-state index contributed by atoms with van der Waals surface area (Å²) in [4.78, 5) is 2.42. The number of rotatable bonds is 4. The summed E-state index contributed by atoms with van der Waals surface area (Å²) in [6.45, 7) is 8.22. The Morgan fingerprint density at radius 2 is 2.32 bits per heavy atom. The van der Waals surface area contributed by atoms with E-state index in [-0.39, 0.29) is 17.6 Å². The molecule has 0 amide bonds. The molecule has 3 nitrogen and oxygen atoms in total. The molecule has 1 aliphatic heterocycles. The van der Waals surface area contributed by atoms with E-state index in [0.717, 1.165) is 30.9 Å². The molecule has 1 fully saturated rings. The summed E-state index contributed by atoms with van der Waals surface area (Å²) in [6, 6.07) is 6.34. The van der Waals surface area contributed by atoms with Gasteiger partial charge in [-0.15, -0.1) is 11.3 Å². The molecule has 1 aromatic heterocycles. The zero-order valence-electron chi connectivity index (χ0n) is 11.9. The van der Waals surface area contributed by atoms with Crippen LogP contribution in [-0.4, -0.2) is 19.3 Å². The van der Waals surface area contributed by atoms with Crippen LogP contribution in [0.4, 0.5) is 0 Å². The largest absolute Gasteiger partial charge is 0.377 e. The van der Waals surface area contributed by atoms with Crippen LogP contribution in [0.15, 0.2) is 12.1 Å². The molecule has 0 aliphatic carbocycles. The van der Waals surface area contributed by atoms with Crippen molar-refractivity contribution in [3.63, 3.8) is 0 Å². The van der Waals surface area contributed by atoms with Crippen LogP contribution in [0.2, 0.25) is 0 Å². The molecular weight excluding hydrogens is 256 g/mol. The molecule has 19 heavy (non-hydrogen) atoms. The summed E-state index contributed by atoms with van der Waals surface area (Å²) >= 11 is 1.73. The summed E-state index contributed by atoms with van der Waals surface area (Å²) in [5.74, 6) is 0. The molecule has 104 valence electrons. The molecule has 2 unspecified atom stereocenters. The first-order valence-electron chi connectivity index (χ1n) is 6.85. The highest BCUT2D eigenvalue weighted by atomic mass is 32.1. The molecule has 0 aromatic carbocycles. The smallest absolute Gasteiger partial charge is 0.130 e. The molecule has 1 saturated heterocycles. The second kappa shape index (κ2) is 6.04. The third-order valence-electron chi connectivity index (χ3n) is 3.35. The lowest BCUT2D eigenvalue weighted by molar-refractivity contribution is 0.109. The van der Waals surface area contributed by atoms with Crippen molar-refractivity contribution in [1.82, 2.24) is 5.32 Å². The van der Waals surface area contributed by atoms with Crippen LogP contribution >= 0.6 is 11.3 Å². The molecule has 0 radical (unpaired) electrons. The van der Waals surface area contributed by atoms with Gasteiger partial charge in [0.25, 0.3) is 0 Å². The fourth-order valence-electron chi connectivity index (χ4n) is 2.18. The van der Waals surface area contributed by atoms with Crippen molar-refractivity contribution in [2.45, 2.75) is 51.2 Å². The van der Waals surface area contributed by atoms with E-state index in [1.54, 1.807) is 11.3 Å². The van der Waals surface area contributed by atoms with Crippen LogP contribution in [0.3, 0.4) is 0 Å². The number of thiophene rings is 1. The van der Waals surface area contributed by atoms with Gasteiger partial charge in [-0.2, -0.15) is 5.26 Å². The third-order valence-corrected chi connectivity index (χ3v) is 4.93. The molecule has 1 aliphatic rings. The van der Waals surface area contributed by atoms with Gasteiger partial charge < -0.3 is 4.74 Å². The summed E-state index contributed by atoms with van der Waals surface area (Å²) in [6.07, 6.45) is 2.51. The molecule has 2 rings (SSSR count). The number of ether oxygens (including phenoxy) is 1. The van der Waals surface area contributed by atoms with Crippen molar-refractivity contribution < 1.29 is 4.74 Å². The van der Waals surface area contributed by atoms with Crippen molar-refractivity contribution in [2.75, 3.05) is 13.2 Å². The van der Waals surface area contributed by atoms with Crippen LogP contribution in [0.1, 0.15) is 49.4 Å². The maximum absolute atomic E-state index is 9.32. The Bertz CT molecular complexity index is 449. The molecule has 2 heterocycles. The van der Waals surface area contributed by atoms with E-state index < -0.39 is 0 Å². The topological polar surface area (TPSA) is 45.0 Å². The minimum Gasteiger partial charge on any atom is -0.377 e. The zero-order chi connectivity index (χ0) is 13.9. The van der Waals surface area contributed by atoms with E-state index in [1.165, 1.54) is 4.88 Å². The predicted octanol–water partition coefficient (Wildman–Crippen LogP) is 3.38. The SMILES string of the molecule is CC(C)(C)c1ccc(C(C#N)NCC2CCCO2)s1. The van der Waals surface area contributed by atoms with Gasteiger partial charge >= 0.3 is 0 Å². The minimum atomic E-state index is -0.217. The van der Waals surface area contributed by atoms with E-state index in [2.05, 4.69) is 44.3 Å². The summed E-state index contributed by atoms with van der Waals surface area (Å²) in [7, 11) is 0. The van der Waals surface area contributed by atoms with Crippen LogP contribution in [-0.2, 0) is 10.2 Å².